The van der Waals surface area contributed by atoms with Gasteiger partial charge in [-0.2, -0.15) is 13.2 Å². The van der Waals surface area contributed by atoms with Gasteiger partial charge in [-0.15, -0.1) is 13.2 Å². The number of nitrogens with one attached hydrogen (secondary N) is 1. The van der Waals surface area contributed by atoms with E-state index in [9.17, 15) is 40.7 Å². The Morgan fingerprint density at radius 1 is 1.09 bits per heavy atom. The molecule has 0 unspecified atom stereocenters. The van der Waals surface area contributed by atoms with Gasteiger partial charge in [0.2, 0.25) is 5.43 Å². The van der Waals surface area contributed by atoms with Crippen LogP contribution in [-0.4, -0.2) is 62.1 Å². The fourth-order valence-electron chi connectivity index (χ4n) is 5.08. The maximum atomic E-state index is 15.7. The molecule has 0 bridgehead atoms. The molecule has 4 rings (SSSR count). The Labute approximate surface area is 266 Å². The molecule has 1 aromatic heterocycles. The van der Waals surface area contributed by atoms with E-state index < -0.39 is 77.3 Å². The fraction of sp³-hybridized carbons (Fsp3) is 0.414. The summed E-state index contributed by atoms with van der Waals surface area (Å²) in [6, 6.07) is 3.59. The third-order valence-corrected chi connectivity index (χ3v) is 7.37. The van der Waals surface area contributed by atoms with Gasteiger partial charge < -0.3 is 33.7 Å². The van der Waals surface area contributed by atoms with Crippen molar-refractivity contribution >= 4 is 40.3 Å². The minimum atomic E-state index is -4.98. The number of aromatic nitrogens is 1. The lowest BCUT2D eigenvalue weighted by Gasteiger charge is -2.34. The predicted molar refractivity (Wildman–Crippen MR) is 153 cm³/mol. The van der Waals surface area contributed by atoms with Crippen molar-refractivity contribution in [2.45, 2.75) is 51.5 Å². The number of carbonyl (C=O) groups is 2. The molecule has 1 aliphatic heterocycles. The zero-order valence-electron chi connectivity index (χ0n) is 24.7. The lowest BCUT2D eigenvalue weighted by atomic mass is 10.0. The summed E-state index contributed by atoms with van der Waals surface area (Å²) < 4.78 is 114. The largest absolute Gasteiger partial charge is 0.573 e. The SMILES string of the molecule is CCOC(=O)OC1CCN(c2c(F)cc3c(=O)c(C(=O)NCc4ccc(OC(F)(F)F)cc4Cl)cn(CC(F)(F)F)c3c2OC)CC1. The second kappa shape index (κ2) is 14.1. The third kappa shape index (κ3) is 8.69. The number of benzene rings is 2. The minimum absolute atomic E-state index is 0.0970. The van der Waals surface area contributed by atoms with Gasteiger partial charge >= 0.3 is 18.7 Å². The Kier molecular flexibility index (Phi) is 10.7. The standard InChI is InChI=1S/C29H27ClF7N3O7/c1-3-45-27(43)46-16-6-8-39(9-7-16)23-21(31)11-18-22(25(23)44-2)40(14-28(32,33)34)13-19(24(18)41)26(42)38-12-15-4-5-17(10-20(15)30)47-29(35,36)37/h4-5,10-11,13,16H,3,6-9,12,14H2,1-2H3,(H,38,42). The smallest absolute Gasteiger partial charge is 0.492 e. The number of hydrogen-bond acceptors (Lipinski definition) is 8. The highest BCUT2D eigenvalue weighted by molar-refractivity contribution is 6.31. The van der Waals surface area contributed by atoms with Gasteiger partial charge in [-0.1, -0.05) is 17.7 Å². The van der Waals surface area contributed by atoms with Gasteiger partial charge in [0.25, 0.3) is 5.91 Å². The summed E-state index contributed by atoms with van der Waals surface area (Å²) in [6.45, 7) is -0.199. The van der Waals surface area contributed by atoms with Gasteiger partial charge in [-0.25, -0.2) is 9.18 Å². The number of nitrogens with zero attached hydrogens (tertiary/aromatic N) is 2. The first-order valence-corrected chi connectivity index (χ1v) is 14.3. The average Bonchev–Trinajstić information content (AvgIpc) is 2.96. The van der Waals surface area contributed by atoms with Crippen LogP contribution in [0.5, 0.6) is 11.5 Å². The van der Waals surface area contributed by atoms with Crippen LogP contribution in [0.4, 0.5) is 41.2 Å². The number of methoxy groups -OCH3 is 1. The van der Waals surface area contributed by atoms with Crippen LogP contribution in [0, 0.1) is 5.82 Å². The molecule has 0 aliphatic carbocycles. The fourth-order valence-corrected chi connectivity index (χ4v) is 5.32. The van der Waals surface area contributed by atoms with Crippen molar-refractivity contribution in [3.63, 3.8) is 0 Å². The normalized spacial score (nSPS) is 14.2. The van der Waals surface area contributed by atoms with Gasteiger partial charge in [0.1, 0.15) is 29.6 Å². The lowest BCUT2D eigenvalue weighted by Crippen LogP contribution is -2.38. The van der Waals surface area contributed by atoms with E-state index in [2.05, 4.69) is 10.1 Å². The molecule has 1 N–H and O–H groups in total. The summed E-state index contributed by atoms with van der Waals surface area (Å²) in [4.78, 5) is 39.7. The Bertz CT molecular complexity index is 1700. The molecule has 47 heavy (non-hydrogen) atoms. The molecule has 0 atom stereocenters. The molecule has 2 aromatic carbocycles. The van der Waals surface area contributed by atoms with E-state index in [1.807, 2.05) is 0 Å². The van der Waals surface area contributed by atoms with Crippen LogP contribution < -0.4 is 25.1 Å². The van der Waals surface area contributed by atoms with Crippen LogP contribution in [0.2, 0.25) is 5.02 Å². The molecule has 1 fully saturated rings. The number of rotatable bonds is 9. The number of piperidine rings is 1. The first-order valence-electron chi connectivity index (χ1n) is 13.9. The molecule has 10 nitrogen and oxygen atoms in total. The number of amides is 1. The first kappa shape index (κ1) is 35.4. The van der Waals surface area contributed by atoms with Crippen LogP contribution >= 0.6 is 11.6 Å². The maximum Gasteiger partial charge on any atom is 0.573 e. The van der Waals surface area contributed by atoms with Gasteiger partial charge in [0.05, 0.1) is 24.6 Å². The molecule has 0 saturated carbocycles. The lowest BCUT2D eigenvalue weighted by molar-refractivity contribution is -0.274. The van der Waals surface area contributed by atoms with E-state index in [4.69, 9.17) is 25.8 Å². The number of alkyl halides is 6. The summed E-state index contributed by atoms with van der Waals surface area (Å²) in [7, 11) is 1.09. The van der Waals surface area contributed by atoms with Crippen LogP contribution in [0.15, 0.2) is 35.3 Å². The van der Waals surface area contributed by atoms with Crippen LogP contribution in [0.3, 0.4) is 0 Å². The summed E-state index contributed by atoms with van der Waals surface area (Å²) in [5.74, 6) is -3.19. The molecular weight excluding hydrogens is 671 g/mol. The summed E-state index contributed by atoms with van der Waals surface area (Å²) in [5, 5.41) is 1.48. The molecule has 3 aromatic rings. The van der Waals surface area contributed by atoms with Crippen molar-refractivity contribution in [3.8, 4) is 11.5 Å². The third-order valence-electron chi connectivity index (χ3n) is 7.02. The number of fused-ring (bicyclic) bond motifs is 1. The Balaban J connectivity index is 1.68. The zero-order chi connectivity index (χ0) is 34.7. The monoisotopic (exact) mass is 697 g/mol. The number of hydrogen-bond donors (Lipinski definition) is 1. The number of pyridine rings is 1. The molecule has 256 valence electrons. The number of halogens is 8. The Hall–Kier alpha value is -4.41. The molecule has 0 radical (unpaired) electrons. The van der Waals surface area contributed by atoms with Gasteiger partial charge in [0, 0.05) is 43.7 Å². The molecule has 2 heterocycles. The summed E-state index contributed by atoms with van der Waals surface area (Å²) in [6.07, 6.45) is -10.1. The maximum absolute atomic E-state index is 15.7. The molecule has 0 spiro atoms. The van der Waals surface area contributed by atoms with E-state index >= 15 is 4.39 Å². The van der Waals surface area contributed by atoms with E-state index in [1.165, 1.54) is 4.90 Å². The van der Waals surface area contributed by atoms with Crippen molar-refractivity contribution in [3.05, 3.63) is 62.7 Å². The van der Waals surface area contributed by atoms with Gasteiger partial charge in [-0.05, 0) is 30.7 Å². The molecule has 1 amide bonds. The van der Waals surface area contributed by atoms with Crippen LogP contribution in [-0.2, 0) is 22.6 Å². The number of ether oxygens (including phenoxy) is 4. The van der Waals surface area contributed by atoms with Crippen molar-refractivity contribution in [1.82, 2.24) is 9.88 Å². The highest BCUT2D eigenvalue weighted by Crippen LogP contribution is 2.40. The summed E-state index contributed by atoms with van der Waals surface area (Å²) >= 11 is 5.99. The summed E-state index contributed by atoms with van der Waals surface area (Å²) in [5.41, 5.74) is -2.44. The van der Waals surface area contributed by atoms with Crippen LogP contribution in [0.25, 0.3) is 10.9 Å². The van der Waals surface area contributed by atoms with E-state index in [0.717, 1.165) is 31.4 Å². The topological polar surface area (TPSA) is 108 Å². The average molecular weight is 698 g/mol. The molecule has 1 aliphatic rings. The molecule has 18 heteroatoms. The first-order chi connectivity index (χ1) is 22.0. The van der Waals surface area contributed by atoms with Crippen molar-refractivity contribution in [2.75, 3.05) is 31.7 Å². The molecular formula is C29H27ClF7N3O7. The minimum Gasteiger partial charge on any atom is -0.492 e. The van der Waals surface area contributed by atoms with E-state index in [1.54, 1.807) is 6.92 Å². The van der Waals surface area contributed by atoms with Gasteiger partial charge in [0.15, 0.2) is 11.6 Å². The Morgan fingerprint density at radius 3 is 2.34 bits per heavy atom. The second-order valence-electron chi connectivity index (χ2n) is 10.2. The number of anilines is 1. The number of carbonyl (C=O) groups excluding carboxylic acids is 2. The zero-order valence-corrected chi connectivity index (χ0v) is 25.4. The second-order valence-corrected chi connectivity index (χ2v) is 10.6. The van der Waals surface area contributed by atoms with E-state index in [-0.39, 0.29) is 54.6 Å². The molecule has 1 saturated heterocycles. The predicted octanol–water partition coefficient (Wildman–Crippen LogP) is 6.34. The van der Waals surface area contributed by atoms with Crippen molar-refractivity contribution < 1.29 is 59.3 Å². The highest BCUT2D eigenvalue weighted by atomic mass is 35.5. The highest BCUT2D eigenvalue weighted by Gasteiger charge is 2.34. The quantitative estimate of drug-likeness (QED) is 0.204. The van der Waals surface area contributed by atoms with Crippen molar-refractivity contribution in [1.29, 1.82) is 0 Å². The van der Waals surface area contributed by atoms with Crippen LogP contribution in [0.1, 0.15) is 35.7 Å². The Morgan fingerprint density at radius 2 is 1.77 bits per heavy atom. The van der Waals surface area contributed by atoms with Gasteiger partial charge in [-0.3, -0.25) is 9.59 Å². The van der Waals surface area contributed by atoms with E-state index in [0.29, 0.717) is 10.8 Å². The van der Waals surface area contributed by atoms with Crippen molar-refractivity contribution in [2.24, 2.45) is 0 Å².